The second-order valence-electron chi connectivity index (χ2n) is 10.2. The van der Waals surface area contributed by atoms with Gasteiger partial charge in [0.05, 0.1) is 17.1 Å². The van der Waals surface area contributed by atoms with Gasteiger partial charge in [-0.05, 0) is 42.2 Å². The van der Waals surface area contributed by atoms with Gasteiger partial charge < -0.3 is 4.74 Å². The summed E-state index contributed by atoms with van der Waals surface area (Å²) in [5, 5.41) is 12.0. The van der Waals surface area contributed by atoms with E-state index in [2.05, 4.69) is 36.3 Å². The molecule has 8 nitrogen and oxygen atoms in total. The summed E-state index contributed by atoms with van der Waals surface area (Å²) in [4.78, 5) is 13.4. The van der Waals surface area contributed by atoms with E-state index in [1.165, 1.54) is 15.6 Å². The molecule has 1 aliphatic heterocycles. The van der Waals surface area contributed by atoms with E-state index in [4.69, 9.17) is 4.74 Å². The number of carbonyl (C=O) groups excluding carboxylic acids is 1. The average Bonchev–Trinajstić information content (AvgIpc) is 3.36. The van der Waals surface area contributed by atoms with E-state index >= 15 is 0 Å². The maximum absolute atomic E-state index is 13.7. The van der Waals surface area contributed by atoms with Gasteiger partial charge in [-0.2, -0.15) is 0 Å². The summed E-state index contributed by atoms with van der Waals surface area (Å²) in [6, 6.07) is 21.5. The van der Waals surface area contributed by atoms with E-state index in [0.29, 0.717) is 21.6 Å². The molecule has 38 heavy (non-hydrogen) atoms. The van der Waals surface area contributed by atoms with Crippen molar-refractivity contribution in [1.29, 1.82) is 0 Å². The van der Waals surface area contributed by atoms with E-state index in [1.54, 1.807) is 36.4 Å². The first-order valence-electron chi connectivity index (χ1n) is 12.1. The topological polar surface area (TPSA) is 101 Å². The number of anilines is 2. The highest BCUT2D eigenvalue weighted by Gasteiger charge is 2.38. The molecule has 1 amide bonds. The zero-order chi connectivity index (χ0) is 27.1. The Balaban J connectivity index is 1.45. The molecule has 2 heterocycles. The van der Waals surface area contributed by atoms with Crippen LogP contribution >= 0.6 is 11.3 Å². The molecule has 0 unspecified atom stereocenters. The van der Waals surface area contributed by atoms with Crippen molar-refractivity contribution in [2.75, 3.05) is 16.2 Å². The predicted octanol–water partition coefficient (Wildman–Crippen LogP) is 5.41. The van der Waals surface area contributed by atoms with Crippen LogP contribution in [-0.2, 0) is 20.2 Å². The van der Waals surface area contributed by atoms with E-state index < -0.39 is 22.0 Å². The minimum absolute atomic E-state index is 0.139. The largest absolute Gasteiger partial charge is 0.476 e. The number of amides is 1. The van der Waals surface area contributed by atoms with Crippen molar-refractivity contribution in [1.82, 2.24) is 10.2 Å². The summed E-state index contributed by atoms with van der Waals surface area (Å²) in [5.74, 6) is -0.183. The highest BCUT2D eigenvalue weighted by atomic mass is 32.2. The molecule has 1 aromatic heterocycles. The molecule has 0 bridgehead atoms. The minimum Gasteiger partial charge on any atom is -0.476 e. The van der Waals surface area contributed by atoms with E-state index in [-0.39, 0.29) is 16.9 Å². The Labute approximate surface area is 226 Å². The normalized spacial score (nSPS) is 15.5. The number of hydrogen-bond acceptors (Lipinski definition) is 7. The minimum atomic E-state index is -3.96. The lowest BCUT2D eigenvalue weighted by Crippen LogP contribution is -2.49. The molecule has 0 fully saturated rings. The number of aromatic nitrogens is 2. The third kappa shape index (κ3) is 5.14. The van der Waals surface area contributed by atoms with E-state index in [9.17, 15) is 13.2 Å². The first-order valence-corrected chi connectivity index (χ1v) is 14.4. The van der Waals surface area contributed by atoms with Crippen LogP contribution in [-0.4, -0.2) is 37.2 Å². The van der Waals surface area contributed by atoms with Crippen LogP contribution in [0.5, 0.6) is 5.75 Å². The first-order chi connectivity index (χ1) is 18.0. The van der Waals surface area contributed by atoms with Crippen molar-refractivity contribution in [3.05, 3.63) is 83.9 Å². The highest BCUT2D eigenvalue weighted by molar-refractivity contribution is 7.92. The van der Waals surface area contributed by atoms with Gasteiger partial charge in [-0.25, -0.2) is 8.42 Å². The van der Waals surface area contributed by atoms with E-state index in [0.717, 1.165) is 16.7 Å². The van der Waals surface area contributed by atoms with Crippen molar-refractivity contribution < 1.29 is 17.9 Å². The van der Waals surface area contributed by atoms with Crippen LogP contribution in [0, 0.1) is 6.92 Å². The second kappa shape index (κ2) is 9.85. The van der Waals surface area contributed by atoms with Crippen molar-refractivity contribution in [3.63, 3.8) is 0 Å². The Kier molecular flexibility index (Phi) is 6.70. The van der Waals surface area contributed by atoms with Crippen molar-refractivity contribution >= 4 is 38.1 Å². The van der Waals surface area contributed by atoms with Gasteiger partial charge in [-0.15, -0.1) is 10.2 Å². The molecule has 0 saturated heterocycles. The third-order valence-electron chi connectivity index (χ3n) is 6.27. The molecule has 0 spiro atoms. The van der Waals surface area contributed by atoms with Gasteiger partial charge in [0, 0.05) is 5.56 Å². The molecule has 10 heteroatoms. The van der Waals surface area contributed by atoms with Crippen molar-refractivity contribution in [2.24, 2.45) is 0 Å². The lowest BCUT2D eigenvalue weighted by Gasteiger charge is -2.35. The van der Waals surface area contributed by atoms with Gasteiger partial charge in [0.25, 0.3) is 15.9 Å². The summed E-state index contributed by atoms with van der Waals surface area (Å²) in [6.45, 7) is 7.98. The van der Waals surface area contributed by atoms with Crippen molar-refractivity contribution in [3.8, 4) is 16.3 Å². The van der Waals surface area contributed by atoms with Gasteiger partial charge in [0.15, 0.2) is 6.10 Å². The zero-order valence-electron chi connectivity index (χ0n) is 21.5. The molecule has 196 valence electrons. The fourth-order valence-electron chi connectivity index (χ4n) is 4.07. The zero-order valence-corrected chi connectivity index (χ0v) is 23.1. The fraction of sp³-hybridized carbons (Fsp3) is 0.250. The van der Waals surface area contributed by atoms with Crippen LogP contribution in [0.1, 0.15) is 31.9 Å². The summed E-state index contributed by atoms with van der Waals surface area (Å²) in [5.41, 5.74) is 3.17. The number of hydrogen-bond donors (Lipinski definition) is 1. The highest BCUT2D eigenvalue weighted by Crippen LogP contribution is 2.40. The first kappa shape index (κ1) is 25.9. The number of sulfonamides is 1. The molecule has 4 aromatic rings. The van der Waals surface area contributed by atoms with Crippen LogP contribution in [0.3, 0.4) is 0 Å². The van der Waals surface area contributed by atoms with Crippen LogP contribution in [0.15, 0.2) is 77.7 Å². The smallest absolute Gasteiger partial charge is 0.269 e. The van der Waals surface area contributed by atoms with Crippen molar-refractivity contribution in [2.45, 2.75) is 44.1 Å². The van der Waals surface area contributed by atoms with Gasteiger partial charge in [0.1, 0.15) is 10.8 Å². The summed E-state index contributed by atoms with van der Waals surface area (Å²) >= 11 is 1.24. The van der Waals surface area contributed by atoms with Gasteiger partial charge in [-0.3, -0.25) is 14.4 Å². The molecule has 1 atom stereocenters. The maximum atomic E-state index is 13.7. The molecule has 5 rings (SSSR count). The number of aryl methyl sites for hydroxylation is 1. The Hall–Kier alpha value is -3.76. The summed E-state index contributed by atoms with van der Waals surface area (Å²) < 4.78 is 34.8. The van der Waals surface area contributed by atoms with Crippen LogP contribution < -0.4 is 14.4 Å². The molecule has 1 N–H and O–H groups in total. The standard InChI is InChI=1S/C28H28N4O4S2/c1-18-10-12-19(13-11-18)26-30-31-27(37-26)29-25(33)24-17-32(38(34,35)21-8-6-5-7-9-21)22-16-20(28(2,3)4)14-15-23(22)36-24/h5-16,24H,17H2,1-4H3,(H,29,31,33)/t24-/m0/s1. The quantitative estimate of drug-likeness (QED) is 0.358. The number of fused-ring (bicyclic) bond motifs is 1. The predicted molar refractivity (Wildman–Crippen MR) is 149 cm³/mol. The number of ether oxygens (including phenoxy) is 1. The molecular weight excluding hydrogens is 520 g/mol. The van der Waals surface area contributed by atoms with Gasteiger partial charge in [-0.1, -0.05) is 86.2 Å². The van der Waals surface area contributed by atoms with E-state index in [1.807, 2.05) is 43.3 Å². The number of rotatable bonds is 5. The Bertz CT molecular complexity index is 1580. The lowest BCUT2D eigenvalue weighted by molar-refractivity contribution is -0.122. The maximum Gasteiger partial charge on any atom is 0.269 e. The Morgan fingerprint density at radius 1 is 1.03 bits per heavy atom. The monoisotopic (exact) mass is 548 g/mol. The molecule has 3 aromatic carbocycles. The average molecular weight is 549 g/mol. The number of nitrogens with one attached hydrogen (secondary N) is 1. The van der Waals surface area contributed by atoms with Gasteiger partial charge in [0.2, 0.25) is 5.13 Å². The summed E-state index contributed by atoms with van der Waals surface area (Å²) in [7, 11) is -3.96. The van der Waals surface area contributed by atoms with Crippen LogP contribution in [0.25, 0.3) is 10.6 Å². The SMILES string of the molecule is Cc1ccc(-c2nnc(NC(=O)[C@@H]3CN(S(=O)(=O)c4ccccc4)c4cc(C(C)(C)C)ccc4O3)s2)cc1. The number of nitrogens with zero attached hydrogens (tertiary/aromatic N) is 3. The van der Waals surface area contributed by atoms with Crippen LogP contribution in [0.4, 0.5) is 10.8 Å². The van der Waals surface area contributed by atoms with Crippen LogP contribution in [0.2, 0.25) is 0 Å². The van der Waals surface area contributed by atoms with Gasteiger partial charge >= 0.3 is 0 Å². The fourth-order valence-corrected chi connectivity index (χ4v) is 6.31. The molecular formula is C28H28N4O4S2. The Morgan fingerprint density at radius 3 is 2.42 bits per heavy atom. The number of carbonyl (C=O) groups is 1. The third-order valence-corrected chi connectivity index (χ3v) is 8.95. The molecule has 0 aliphatic carbocycles. The lowest BCUT2D eigenvalue weighted by atomic mass is 9.86. The number of benzene rings is 3. The molecule has 0 radical (unpaired) electrons. The Morgan fingerprint density at radius 2 is 1.74 bits per heavy atom. The second-order valence-corrected chi connectivity index (χ2v) is 13.0. The molecule has 0 saturated carbocycles. The molecule has 1 aliphatic rings. The summed E-state index contributed by atoms with van der Waals surface area (Å²) in [6.07, 6.45) is -1.09.